The summed E-state index contributed by atoms with van der Waals surface area (Å²) in [6, 6.07) is 10.9. The number of aliphatic hydroxyl groups excluding tert-OH is 3. The van der Waals surface area contributed by atoms with Crippen LogP contribution in [-0.2, 0) is 16.8 Å². The Kier molecular flexibility index (Phi) is 26.4. The first-order valence-corrected chi connectivity index (χ1v) is 13.5. The topological polar surface area (TPSA) is 139 Å². The lowest BCUT2D eigenvalue weighted by Crippen LogP contribution is -2.32. The van der Waals surface area contributed by atoms with Gasteiger partial charge in [0.1, 0.15) is 0 Å². The molecule has 0 atom stereocenters. The van der Waals surface area contributed by atoms with Crippen molar-refractivity contribution in [1.29, 1.82) is 0 Å². The molecule has 5 N–H and O–H groups in total. The van der Waals surface area contributed by atoms with Crippen LogP contribution in [0.25, 0.3) is 0 Å². The fourth-order valence-corrected chi connectivity index (χ4v) is 3.22. The Balaban J connectivity index is 0. The summed E-state index contributed by atoms with van der Waals surface area (Å²) < 4.78 is 31.6. The monoisotopic (exact) mass is 493 g/mol. The van der Waals surface area contributed by atoms with Crippen molar-refractivity contribution in [2.24, 2.45) is 0 Å². The molecule has 0 amide bonds. The third kappa shape index (κ3) is 33.2. The highest BCUT2D eigenvalue weighted by molar-refractivity contribution is 7.79. The zero-order chi connectivity index (χ0) is 25.2. The van der Waals surface area contributed by atoms with Crippen LogP contribution in [0.15, 0.2) is 30.3 Å². The van der Waals surface area contributed by atoms with Crippen LogP contribution in [0.4, 0.5) is 0 Å². The summed E-state index contributed by atoms with van der Waals surface area (Å²) in [5, 5.41) is 25.5. The molecule has 0 saturated carbocycles. The molecule has 0 saturated heterocycles. The summed E-state index contributed by atoms with van der Waals surface area (Å²) >= 11 is 0. The second-order valence-corrected chi connectivity index (χ2v) is 8.77. The Bertz CT molecular complexity index is 578. The van der Waals surface area contributed by atoms with Gasteiger partial charge in [0, 0.05) is 19.6 Å². The number of aliphatic hydroxyl groups is 3. The molecule has 1 rings (SSSR count). The summed E-state index contributed by atoms with van der Waals surface area (Å²) in [5.41, 5.74) is 1.50. The van der Waals surface area contributed by atoms with Crippen LogP contribution in [0, 0.1) is 0 Å². The first-order valence-electron chi connectivity index (χ1n) is 12.1. The molecule has 0 aliphatic heterocycles. The summed E-state index contributed by atoms with van der Waals surface area (Å²) in [5.74, 6) is 0. The molecule has 0 bridgehead atoms. The van der Waals surface area contributed by atoms with Crippen molar-refractivity contribution in [3.8, 4) is 0 Å². The van der Waals surface area contributed by atoms with E-state index >= 15 is 0 Å². The van der Waals surface area contributed by atoms with E-state index in [1.54, 1.807) is 4.90 Å². The Morgan fingerprint density at radius 2 is 1.03 bits per heavy atom. The predicted octanol–water partition coefficient (Wildman–Crippen LogP) is 3.76. The van der Waals surface area contributed by atoms with Gasteiger partial charge in [-0.3, -0.25) is 14.0 Å². The fraction of sp³-hybridized carbons (Fsp3) is 0.750. The molecule has 1 aromatic carbocycles. The van der Waals surface area contributed by atoms with Crippen molar-refractivity contribution < 1.29 is 32.8 Å². The van der Waals surface area contributed by atoms with Crippen molar-refractivity contribution in [1.82, 2.24) is 4.90 Å². The number of aryl methyl sites for hydroxylation is 1. The van der Waals surface area contributed by atoms with Gasteiger partial charge in [-0.25, -0.2) is 0 Å². The minimum Gasteiger partial charge on any atom is -0.395 e. The minimum absolute atomic E-state index is 0.0694. The molecule has 0 aliphatic rings. The van der Waals surface area contributed by atoms with E-state index in [2.05, 4.69) is 37.3 Å². The molecule has 1 aromatic rings. The van der Waals surface area contributed by atoms with Gasteiger partial charge in [-0.1, -0.05) is 95.0 Å². The quantitative estimate of drug-likeness (QED) is 0.163. The van der Waals surface area contributed by atoms with E-state index in [0.29, 0.717) is 19.6 Å². The van der Waals surface area contributed by atoms with Gasteiger partial charge in [-0.15, -0.1) is 0 Å². The number of unbranched alkanes of at least 4 members (excludes halogenated alkanes) is 9. The molecule has 0 unspecified atom stereocenters. The van der Waals surface area contributed by atoms with Crippen molar-refractivity contribution >= 4 is 10.4 Å². The molecular formula is C24H47NO7S. The first kappa shape index (κ1) is 34.1. The van der Waals surface area contributed by atoms with Crippen molar-refractivity contribution in [3.05, 3.63) is 35.9 Å². The predicted molar refractivity (Wildman–Crippen MR) is 134 cm³/mol. The van der Waals surface area contributed by atoms with Crippen LogP contribution in [-0.4, -0.2) is 77.2 Å². The Hall–Kier alpha value is -1.07. The summed E-state index contributed by atoms with van der Waals surface area (Å²) in [6.45, 7) is 4.04. The third-order valence-electron chi connectivity index (χ3n) is 4.91. The number of hydrogen-bond donors (Lipinski definition) is 5. The van der Waals surface area contributed by atoms with Crippen molar-refractivity contribution in [2.75, 3.05) is 39.5 Å². The number of hydrogen-bond acceptors (Lipinski definition) is 6. The largest absolute Gasteiger partial charge is 0.395 e. The lowest BCUT2D eigenvalue weighted by Gasteiger charge is -2.17. The second-order valence-electron chi connectivity index (χ2n) is 7.88. The molecule has 0 heterocycles. The van der Waals surface area contributed by atoms with Crippen LogP contribution in [0.3, 0.4) is 0 Å². The van der Waals surface area contributed by atoms with Crippen LogP contribution in [0.2, 0.25) is 0 Å². The highest BCUT2D eigenvalue weighted by atomic mass is 32.3. The van der Waals surface area contributed by atoms with E-state index in [4.69, 9.17) is 32.8 Å². The molecule has 0 aromatic heterocycles. The fourth-order valence-electron chi connectivity index (χ4n) is 3.22. The highest BCUT2D eigenvalue weighted by Gasteiger charge is 2.00. The minimum atomic E-state index is -4.67. The average molecular weight is 494 g/mol. The van der Waals surface area contributed by atoms with Gasteiger partial charge in [0.2, 0.25) is 0 Å². The summed E-state index contributed by atoms with van der Waals surface area (Å²) in [6.07, 6.45) is 15.5. The molecule has 33 heavy (non-hydrogen) atoms. The van der Waals surface area contributed by atoms with Gasteiger partial charge in [-0.05, 0) is 18.4 Å². The van der Waals surface area contributed by atoms with Crippen LogP contribution in [0.1, 0.15) is 76.7 Å². The van der Waals surface area contributed by atoms with Gasteiger partial charge >= 0.3 is 10.4 Å². The van der Waals surface area contributed by atoms with E-state index in [9.17, 15) is 0 Å². The lowest BCUT2D eigenvalue weighted by atomic mass is 10.0. The number of nitrogens with zero attached hydrogens (tertiary/aromatic N) is 1. The average Bonchev–Trinajstić information content (AvgIpc) is 2.76. The van der Waals surface area contributed by atoms with Gasteiger partial charge in [0.15, 0.2) is 0 Å². The van der Waals surface area contributed by atoms with E-state index in [-0.39, 0.29) is 19.8 Å². The maximum atomic E-state index is 8.74. The second kappa shape index (κ2) is 25.6. The van der Waals surface area contributed by atoms with Gasteiger partial charge in [0.25, 0.3) is 0 Å². The van der Waals surface area contributed by atoms with E-state index in [0.717, 1.165) is 0 Å². The van der Waals surface area contributed by atoms with Crippen LogP contribution in [0.5, 0.6) is 0 Å². The van der Waals surface area contributed by atoms with Gasteiger partial charge < -0.3 is 15.3 Å². The van der Waals surface area contributed by atoms with E-state index in [1.807, 2.05) is 0 Å². The molecular weight excluding hydrogens is 446 g/mol. The smallest absolute Gasteiger partial charge is 0.394 e. The molecule has 0 spiro atoms. The third-order valence-corrected chi connectivity index (χ3v) is 4.91. The molecule has 0 radical (unpaired) electrons. The zero-order valence-electron chi connectivity index (χ0n) is 20.3. The maximum absolute atomic E-state index is 8.74. The summed E-state index contributed by atoms with van der Waals surface area (Å²) in [7, 11) is -4.67. The molecule has 196 valence electrons. The Morgan fingerprint density at radius 1 is 0.667 bits per heavy atom. The molecule has 0 fully saturated rings. The SMILES string of the molecule is CCCCCCCCCCCCc1ccccc1.O=S(=O)(O)O.OCCN(CCO)CCO. The van der Waals surface area contributed by atoms with Crippen molar-refractivity contribution in [3.63, 3.8) is 0 Å². The Labute approximate surface area is 201 Å². The molecule has 8 nitrogen and oxygen atoms in total. The van der Waals surface area contributed by atoms with E-state index in [1.165, 1.54) is 76.2 Å². The van der Waals surface area contributed by atoms with Gasteiger partial charge in [-0.2, -0.15) is 8.42 Å². The van der Waals surface area contributed by atoms with Crippen LogP contribution >= 0.6 is 0 Å². The van der Waals surface area contributed by atoms with Crippen LogP contribution < -0.4 is 0 Å². The van der Waals surface area contributed by atoms with E-state index < -0.39 is 10.4 Å². The molecule has 0 aliphatic carbocycles. The van der Waals surface area contributed by atoms with Gasteiger partial charge in [0.05, 0.1) is 19.8 Å². The first-order chi connectivity index (χ1) is 15.8. The number of rotatable bonds is 17. The zero-order valence-corrected chi connectivity index (χ0v) is 21.1. The lowest BCUT2D eigenvalue weighted by molar-refractivity contribution is 0.136. The standard InChI is InChI=1S/C18H30.C6H15NO3.H2O4S/c1-2-3-4-5-6-7-8-9-10-12-15-18-16-13-11-14-17-18;8-4-1-7(2-5-9)3-6-10;1-5(2,3)4/h11,13-14,16-17H,2-10,12,15H2,1H3;8-10H,1-6H2;(H2,1,2,3,4). The maximum Gasteiger partial charge on any atom is 0.394 e. The normalized spacial score (nSPS) is 10.9. The number of benzene rings is 1. The summed E-state index contributed by atoms with van der Waals surface area (Å²) in [4.78, 5) is 1.79. The molecule has 9 heteroatoms. The Morgan fingerprint density at radius 3 is 1.39 bits per heavy atom. The van der Waals surface area contributed by atoms with Crippen molar-refractivity contribution in [2.45, 2.75) is 77.6 Å². The highest BCUT2D eigenvalue weighted by Crippen LogP contribution is 2.12.